The molecule has 0 heterocycles. The summed E-state index contributed by atoms with van der Waals surface area (Å²) in [5.41, 5.74) is 4.63. The largest absolute Gasteiger partial charge is 0.293 e. The fraction of sp³-hybridized carbons (Fsp3) is 0.278. The van der Waals surface area contributed by atoms with Gasteiger partial charge in [0.15, 0.2) is 5.78 Å². The molecular formula is C18H20OS. The third-order valence-electron chi connectivity index (χ3n) is 3.53. The molecule has 0 aliphatic carbocycles. The van der Waals surface area contributed by atoms with Crippen LogP contribution in [0.4, 0.5) is 0 Å². The lowest BCUT2D eigenvalue weighted by atomic mass is 10.1. The van der Waals surface area contributed by atoms with Crippen LogP contribution >= 0.6 is 11.8 Å². The maximum Gasteiger partial charge on any atom is 0.173 e. The van der Waals surface area contributed by atoms with Crippen molar-refractivity contribution < 1.29 is 4.79 Å². The van der Waals surface area contributed by atoms with Crippen molar-refractivity contribution in [3.63, 3.8) is 0 Å². The Morgan fingerprint density at radius 1 is 1.00 bits per heavy atom. The summed E-state index contributed by atoms with van der Waals surface area (Å²) >= 11 is 1.61. The molecule has 0 aliphatic rings. The maximum absolute atomic E-state index is 12.1. The van der Waals surface area contributed by atoms with E-state index in [1.54, 1.807) is 11.8 Å². The highest BCUT2D eigenvalue weighted by atomic mass is 32.2. The van der Waals surface area contributed by atoms with E-state index in [0.29, 0.717) is 5.75 Å². The first-order valence-corrected chi connectivity index (χ1v) is 7.91. The van der Waals surface area contributed by atoms with E-state index >= 15 is 0 Å². The Hall–Kier alpha value is -1.54. The molecular weight excluding hydrogens is 264 g/mol. The van der Waals surface area contributed by atoms with Gasteiger partial charge in [0.2, 0.25) is 0 Å². The first-order valence-electron chi connectivity index (χ1n) is 6.92. The zero-order chi connectivity index (χ0) is 14.5. The lowest BCUT2D eigenvalue weighted by Gasteiger charge is -2.05. The summed E-state index contributed by atoms with van der Waals surface area (Å²) in [6, 6.07) is 14.3. The van der Waals surface area contributed by atoms with E-state index in [2.05, 4.69) is 39.0 Å². The molecule has 0 spiro atoms. The standard InChI is InChI=1S/C18H20OS/c1-4-15-6-8-16(9-7-15)18(19)12-20-17-10-5-13(2)14(3)11-17/h5-11H,4,12H2,1-3H3. The number of benzene rings is 2. The molecule has 0 aromatic heterocycles. The fourth-order valence-electron chi connectivity index (χ4n) is 1.96. The second-order valence-electron chi connectivity index (χ2n) is 5.01. The van der Waals surface area contributed by atoms with Crippen molar-refractivity contribution in [2.75, 3.05) is 5.75 Å². The quantitative estimate of drug-likeness (QED) is 0.577. The van der Waals surface area contributed by atoms with E-state index in [4.69, 9.17) is 0 Å². The maximum atomic E-state index is 12.1. The molecule has 0 N–H and O–H groups in total. The van der Waals surface area contributed by atoms with Crippen LogP contribution in [0.3, 0.4) is 0 Å². The third-order valence-corrected chi connectivity index (χ3v) is 4.53. The van der Waals surface area contributed by atoms with Crippen molar-refractivity contribution in [1.29, 1.82) is 0 Å². The van der Waals surface area contributed by atoms with Crippen LogP contribution < -0.4 is 0 Å². The van der Waals surface area contributed by atoms with Crippen molar-refractivity contribution in [3.05, 3.63) is 64.7 Å². The summed E-state index contributed by atoms with van der Waals surface area (Å²) in [6.07, 6.45) is 1.01. The summed E-state index contributed by atoms with van der Waals surface area (Å²) in [5, 5.41) is 0. The molecule has 2 aromatic carbocycles. The Kier molecular flexibility index (Phi) is 5.02. The predicted octanol–water partition coefficient (Wildman–Crippen LogP) is 4.84. The molecule has 2 heteroatoms. The second-order valence-corrected chi connectivity index (χ2v) is 6.06. The molecule has 0 radical (unpaired) electrons. The van der Waals surface area contributed by atoms with Gasteiger partial charge in [0, 0.05) is 10.5 Å². The number of Topliss-reactive ketones (excluding diaryl/α,β-unsaturated/α-hetero) is 1. The van der Waals surface area contributed by atoms with Crippen LogP contribution in [0.15, 0.2) is 47.4 Å². The smallest absolute Gasteiger partial charge is 0.173 e. The number of carbonyl (C=O) groups is 1. The fourth-order valence-corrected chi connectivity index (χ4v) is 2.85. The second kappa shape index (κ2) is 6.76. The molecule has 104 valence electrons. The Morgan fingerprint density at radius 3 is 2.30 bits per heavy atom. The minimum absolute atomic E-state index is 0.191. The van der Waals surface area contributed by atoms with E-state index < -0.39 is 0 Å². The van der Waals surface area contributed by atoms with E-state index in [9.17, 15) is 4.79 Å². The van der Waals surface area contributed by atoms with E-state index in [1.807, 2.05) is 24.3 Å². The summed E-state index contributed by atoms with van der Waals surface area (Å²) < 4.78 is 0. The highest BCUT2D eigenvalue weighted by Crippen LogP contribution is 2.22. The number of carbonyl (C=O) groups excluding carboxylic acids is 1. The van der Waals surface area contributed by atoms with Gasteiger partial charge in [0.1, 0.15) is 0 Å². The number of ketones is 1. The number of rotatable bonds is 5. The molecule has 0 unspecified atom stereocenters. The minimum atomic E-state index is 0.191. The normalized spacial score (nSPS) is 10.6. The van der Waals surface area contributed by atoms with Gasteiger partial charge in [-0.25, -0.2) is 0 Å². The number of hydrogen-bond acceptors (Lipinski definition) is 2. The third kappa shape index (κ3) is 3.73. The van der Waals surface area contributed by atoms with E-state index in [1.165, 1.54) is 16.7 Å². The van der Waals surface area contributed by atoms with Gasteiger partial charge < -0.3 is 0 Å². The molecule has 0 bridgehead atoms. The number of hydrogen-bond donors (Lipinski definition) is 0. The predicted molar refractivity (Wildman–Crippen MR) is 86.8 cm³/mol. The molecule has 0 amide bonds. The monoisotopic (exact) mass is 284 g/mol. The van der Waals surface area contributed by atoms with Crippen LogP contribution in [-0.2, 0) is 6.42 Å². The molecule has 2 aromatic rings. The number of thioether (sulfide) groups is 1. The highest BCUT2D eigenvalue weighted by Gasteiger charge is 2.07. The zero-order valence-corrected chi connectivity index (χ0v) is 13.1. The summed E-state index contributed by atoms with van der Waals surface area (Å²) in [7, 11) is 0. The van der Waals surface area contributed by atoms with Crippen LogP contribution in [0.25, 0.3) is 0 Å². The summed E-state index contributed by atoms with van der Waals surface area (Å²) in [4.78, 5) is 13.3. The van der Waals surface area contributed by atoms with Gasteiger partial charge in [-0.05, 0) is 49.1 Å². The lowest BCUT2D eigenvalue weighted by Crippen LogP contribution is -2.02. The molecule has 0 saturated heterocycles. The first kappa shape index (κ1) is 14.9. The number of aryl methyl sites for hydroxylation is 3. The van der Waals surface area contributed by atoms with Crippen LogP contribution in [-0.4, -0.2) is 11.5 Å². The van der Waals surface area contributed by atoms with Crippen molar-refractivity contribution >= 4 is 17.5 Å². The first-order chi connectivity index (χ1) is 9.60. The van der Waals surface area contributed by atoms with Crippen LogP contribution in [0.1, 0.15) is 34.0 Å². The van der Waals surface area contributed by atoms with Crippen LogP contribution in [0, 0.1) is 13.8 Å². The zero-order valence-electron chi connectivity index (χ0n) is 12.3. The van der Waals surface area contributed by atoms with E-state index in [0.717, 1.165) is 16.9 Å². The Bertz CT molecular complexity index is 599. The topological polar surface area (TPSA) is 17.1 Å². The van der Waals surface area contributed by atoms with Crippen LogP contribution in [0.2, 0.25) is 0 Å². The van der Waals surface area contributed by atoms with Gasteiger partial charge in [-0.15, -0.1) is 11.8 Å². The minimum Gasteiger partial charge on any atom is -0.293 e. The van der Waals surface area contributed by atoms with E-state index in [-0.39, 0.29) is 5.78 Å². The molecule has 1 nitrogen and oxygen atoms in total. The Morgan fingerprint density at radius 2 is 1.70 bits per heavy atom. The van der Waals surface area contributed by atoms with Crippen molar-refractivity contribution in [2.24, 2.45) is 0 Å². The van der Waals surface area contributed by atoms with Gasteiger partial charge >= 0.3 is 0 Å². The lowest BCUT2D eigenvalue weighted by molar-refractivity contribution is 0.102. The summed E-state index contributed by atoms with van der Waals surface area (Å²) in [5.74, 6) is 0.685. The van der Waals surface area contributed by atoms with Gasteiger partial charge in [-0.3, -0.25) is 4.79 Å². The molecule has 0 fully saturated rings. The molecule has 0 aliphatic heterocycles. The van der Waals surface area contributed by atoms with Crippen molar-refractivity contribution in [2.45, 2.75) is 32.1 Å². The van der Waals surface area contributed by atoms with Crippen LogP contribution in [0.5, 0.6) is 0 Å². The Labute approximate surface area is 125 Å². The molecule has 0 atom stereocenters. The average molecular weight is 284 g/mol. The Balaban J connectivity index is 1.98. The van der Waals surface area contributed by atoms with Crippen molar-refractivity contribution in [3.8, 4) is 0 Å². The molecule has 20 heavy (non-hydrogen) atoms. The molecule has 2 rings (SSSR count). The van der Waals surface area contributed by atoms with Gasteiger partial charge in [-0.2, -0.15) is 0 Å². The van der Waals surface area contributed by atoms with Crippen molar-refractivity contribution in [1.82, 2.24) is 0 Å². The summed E-state index contributed by atoms with van der Waals surface area (Å²) in [6.45, 7) is 6.32. The van der Waals surface area contributed by atoms with Gasteiger partial charge in [0.25, 0.3) is 0 Å². The average Bonchev–Trinajstić information content (AvgIpc) is 2.48. The van der Waals surface area contributed by atoms with Gasteiger partial charge in [-0.1, -0.05) is 37.3 Å². The van der Waals surface area contributed by atoms with Gasteiger partial charge in [0.05, 0.1) is 5.75 Å². The SMILES string of the molecule is CCc1ccc(C(=O)CSc2ccc(C)c(C)c2)cc1. The highest BCUT2D eigenvalue weighted by molar-refractivity contribution is 8.00. The molecule has 0 saturated carbocycles.